The molecule has 2 aromatic rings. The molecule has 2 aliphatic rings. The summed E-state index contributed by atoms with van der Waals surface area (Å²) < 4.78 is 5.56. The molecule has 2 atom stereocenters. The van der Waals surface area contributed by atoms with Crippen LogP contribution in [0.25, 0.3) is 11.1 Å². The molecule has 0 spiro atoms. The number of carbonyl (C=O) groups excluding carboxylic acids is 2. The van der Waals surface area contributed by atoms with Crippen LogP contribution in [0.15, 0.2) is 48.5 Å². The van der Waals surface area contributed by atoms with Gasteiger partial charge in [-0.1, -0.05) is 48.5 Å². The third-order valence-corrected chi connectivity index (χ3v) is 6.96. The van der Waals surface area contributed by atoms with E-state index < -0.39 is 23.7 Å². The fourth-order valence-electron chi connectivity index (χ4n) is 5.01. The van der Waals surface area contributed by atoms with E-state index in [1.54, 1.807) is 11.8 Å². The number of likely N-dealkylation sites (tertiary alicyclic amines) is 1. The van der Waals surface area contributed by atoms with Crippen LogP contribution in [-0.2, 0) is 14.3 Å². The molecule has 4 rings (SSSR count). The lowest BCUT2D eigenvalue weighted by Crippen LogP contribution is -2.49. The van der Waals surface area contributed by atoms with E-state index in [1.165, 1.54) is 0 Å². The predicted octanol–water partition coefficient (Wildman–Crippen LogP) is 3.52. The van der Waals surface area contributed by atoms with Gasteiger partial charge in [-0.3, -0.25) is 9.59 Å². The number of fused-ring (bicyclic) bond motifs is 3. The van der Waals surface area contributed by atoms with Crippen LogP contribution in [-0.4, -0.2) is 64.4 Å². The van der Waals surface area contributed by atoms with Crippen molar-refractivity contribution in [2.75, 3.05) is 19.7 Å². The number of carboxylic acids is 1. The molecule has 3 N–H and O–H groups in total. The second kappa shape index (κ2) is 10.5. The molecule has 2 unspecified atom stereocenters. The van der Waals surface area contributed by atoms with Gasteiger partial charge in [-0.2, -0.15) is 0 Å². The Bertz CT molecular complexity index is 1050. The van der Waals surface area contributed by atoms with Gasteiger partial charge < -0.3 is 25.2 Å². The highest BCUT2D eigenvalue weighted by Gasteiger charge is 2.33. The summed E-state index contributed by atoms with van der Waals surface area (Å²) >= 11 is 0. The topological polar surface area (TPSA) is 116 Å². The Kier molecular flexibility index (Phi) is 7.40. The molecular formula is C27H32N2O6. The Morgan fingerprint density at radius 2 is 1.69 bits per heavy atom. The number of benzene rings is 2. The van der Waals surface area contributed by atoms with Gasteiger partial charge in [0.05, 0.1) is 5.60 Å². The van der Waals surface area contributed by atoms with Gasteiger partial charge in [-0.05, 0) is 54.9 Å². The number of amides is 2. The highest BCUT2D eigenvalue weighted by Crippen LogP contribution is 2.44. The van der Waals surface area contributed by atoms with Gasteiger partial charge in [0.25, 0.3) is 0 Å². The Balaban J connectivity index is 1.42. The summed E-state index contributed by atoms with van der Waals surface area (Å²) in [5, 5.41) is 22.1. The first-order valence-corrected chi connectivity index (χ1v) is 12.1. The zero-order valence-electron chi connectivity index (χ0n) is 19.9. The molecule has 8 nitrogen and oxygen atoms in total. The SMILES string of the molecule is CC1(O)CCCN(C(=O)C(CCC(=O)O)NC(=O)OCC2c3ccccc3-c3ccccc32)CC1. The fraction of sp³-hybridized carbons (Fsp3) is 0.444. The van der Waals surface area contributed by atoms with Gasteiger partial charge in [0.15, 0.2) is 0 Å². The molecule has 0 aromatic heterocycles. The largest absolute Gasteiger partial charge is 0.481 e. The van der Waals surface area contributed by atoms with Crippen molar-refractivity contribution >= 4 is 18.0 Å². The second-order valence-electron chi connectivity index (χ2n) is 9.63. The van der Waals surface area contributed by atoms with Crippen molar-refractivity contribution in [3.8, 4) is 11.1 Å². The van der Waals surface area contributed by atoms with E-state index in [4.69, 9.17) is 9.84 Å². The maximum absolute atomic E-state index is 13.2. The number of carboxylic acid groups (broad SMARTS) is 1. The van der Waals surface area contributed by atoms with Crippen LogP contribution < -0.4 is 5.32 Å². The Hall–Kier alpha value is -3.39. The van der Waals surface area contributed by atoms with Crippen LogP contribution in [0.4, 0.5) is 4.79 Å². The Morgan fingerprint density at radius 3 is 2.31 bits per heavy atom. The number of nitrogens with zero attached hydrogens (tertiary/aromatic N) is 1. The van der Waals surface area contributed by atoms with E-state index in [9.17, 15) is 19.5 Å². The van der Waals surface area contributed by atoms with Gasteiger partial charge in [0.1, 0.15) is 12.6 Å². The molecule has 0 radical (unpaired) electrons. The second-order valence-corrected chi connectivity index (χ2v) is 9.63. The van der Waals surface area contributed by atoms with Crippen molar-refractivity contribution in [2.45, 2.75) is 56.6 Å². The highest BCUT2D eigenvalue weighted by molar-refractivity contribution is 5.86. The molecule has 0 bridgehead atoms. The minimum Gasteiger partial charge on any atom is -0.481 e. The van der Waals surface area contributed by atoms with Crippen LogP contribution in [0, 0.1) is 0 Å². The molecule has 2 aromatic carbocycles. The van der Waals surface area contributed by atoms with Crippen molar-refractivity contribution in [2.24, 2.45) is 0 Å². The van der Waals surface area contributed by atoms with Crippen molar-refractivity contribution < 1.29 is 29.3 Å². The molecule has 1 aliphatic heterocycles. The highest BCUT2D eigenvalue weighted by atomic mass is 16.5. The molecule has 8 heteroatoms. The summed E-state index contributed by atoms with van der Waals surface area (Å²) in [5.74, 6) is -1.51. The number of carbonyl (C=O) groups is 3. The third-order valence-electron chi connectivity index (χ3n) is 6.96. The van der Waals surface area contributed by atoms with Gasteiger partial charge in [-0.15, -0.1) is 0 Å². The predicted molar refractivity (Wildman–Crippen MR) is 130 cm³/mol. The number of hydrogen-bond donors (Lipinski definition) is 3. The van der Waals surface area contributed by atoms with Crippen LogP contribution >= 0.6 is 0 Å². The first-order valence-electron chi connectivity index (χ1n) is 12.1. The van der Waals surface area contributed by atoms with Crippen LogP contribution in [0.1, 0.15) is 56.1 Å². The monoisotopic (exact) mass is 480 g/mol. The Labute approximate surface area is 204 Å². The minimum absolute atomic E-state index is 0.0365. The lowest BCUT2D eigenvalue weighted by molar-refractivity contribution is -0.138. The summed E-state index contributed by atoms with van der Waals surface area (Å²) in [5.41, 5.74) is 3.55. The van der Waals surface area contributed by atoms with Gasteiger partial charge in [0.2, 0.25) is 5.91 Å². The van der Waals surface area contributed by atoms with E-state index in [2.05, 4.69) is 5.32 Å². The number of nitrogens with one attached hydrogen (secondary N) is 1. The molecule has 0 saturated carbocycles. The molecular weight excluding hydrogens is 448 g/mol. The lowest BCUT2D eigenvalue weighted by Gasteiger charge is -2.27. The quantitative estimate of drug-likeness (QED) is 0.558. The van der Waals surface area contributed by atoms with E-state index in [0.29, 0.717) is 32.4 Å². The summed E-state index contributed by atoms with van der Waals surface area (Å²) in [7, 11) is 0. The molecule has 1 heterocycles. The molecule has 35 heavy (non-hydrogen) atoms. The van der Waals surface area contributed by atoms with Gasteiger partial charge in [-0.25, -0.2) is 4.79 Å². The van der Waals surface area contributed by atoms with Gasteiger partial charge >= 0.3 is 12.1 Å². The normalized spacial score (nSPS) is 20.3. The van der Waals surface area contributed by atoms with Crippen LogP contribution in [0.2, 0.25) is 0 Å². The molecule has 1 saturated heterocycles. The number of alkyl carbamates (subject to hydrolysis) is 1. The zero-order valence-corrected chi connectivity index (χ0v) is 19.9. The standard InChI is InChI=1S/C27H32N2O6/c1-27(34)13-6-15-29(16-14-27)25(32)23(11-12-24(30)31)28-26(33)35-17-22-20-9-4-2-7-18(20)19-8-3-5-10-21(19)22/h2-5,7-10,22-23,34H,6,11-17H2,1H3,(H,28,33)(H,30,31). The van der Waals surface area contributed by atoms with E-state index in [-0.39, 0.29) is 31.3 Å². The number of hydrogen-bond acceptors (Lipinski definition) is 5. The maximum atomic E-state index is 13.2. The Morgan fingerprint density at radius 1 is 1.06 bits per heavy atom. The van der Waals surface area contributed by atoms with Crippen molar-refractivity contribution in [1.29, 1.82) is 0 Å². The van der Waals surface area contributed by atoms with E-state index in [0.717, 1.165) is 22.3 Å². The lowest BCUT2D eigenvalue weighted by atomic mass is 9.98. The fourth-order valence-corrected chi connectivity index (χ4v) is 5.01. The zero-order chi connectivity index (χ0) is 25.0. The summed E-state index contributed by atoms with van der Waals surface area (Å²) in [4.78, 5) is 38.7. The molecule has 1 aliphatic carbocycles. The first-order chi connectivity index (χ1) is 16.7. The van der Waals surface area contributed by atoms with Crippen molar-refractivity contribution in [3.63, 3.8) is 0 Å². The summed E-state index contributed by atoms with van der Waals surface area (Å²) in [6, 6.07) is 15.0. The summed E-state index contributed by atoms with van der Waals surface area (Å²) in [6.07, 6.45) is 0.593. The minimum atomic E-state index is -1.05. The smallest absolute Gasteiger partial charge is 0.407 e. The summed E-state index contributed by atoms with van der Waals surface area (Å²) in [6.45, 7) is 2.65. The first kappa shape index (κ1) is 24.7. The van der Waals surface area contributed by atoms with Crippen molar-refractivity contribution in [3.05, 3.63) is 59.7 Å². The average Bonchev–Trinajstić information content (AvgIpc) is 3.03. The van der Waals surface area contributed by atoms with Gasteiger partial charge in [0, 0.05) is 25.4 Å². The number of ether oxygens (including phenoxy) is 1. The number of aliphatic carboxylic acids is 1. The molecule has 1 fully saturated rings. The third kappa shape index (κ3) is 5.82. The molecule has 2 amide bonds. The van der Waals surface area contributed by atoms with Crippen LogP contribution in [0.5, 0.6) is 0 Å². The van der Waals surface area contributed by atoms with Crippen LogP contribution in [0.3, 0.4) is 0 Å². The number of rotatable bonds is 7. The maximum Gasteiger partial charge on any atom is 0.407 e. The van der Waals surface area contributed by atoms with Crippen molar-refractivity contribution in [1.82, 2.24) is 10.2 Å². The average molecular weight is 481 g/mol. The molecule has 186 valence electrons. The number of aliphatic hydroxyl groups is 1. The van der Waals surface area contributed by atoms with E-state index in [1.807, 2.05) is 48.5 Å². The van der Waals surface area contributed by atoms with E-state index >= 15 is 0 Å².